The van der Waals surface area contributed by atoms with Crippen LogP contribution in [0.15, 0.2) is 12.1 Å². The van der Waals surface area contributed by atoms with E-state index >= 15 is 0 Å². The summed E-state index contributed by atoms with van der Waals surface area (Å²) >= 11 is 12.2. The van der Waals surface area contributed by atoms with Gasteiger partial charge in [-0.3, -0.25) is 0 Å². The third-order valence-corrected chi connectivity index (χ3v) is 3.76. The van der Waals surface area contributed by atoms with Crippen molar-refractivity contribution in [2.24, 2.45) is 5.92 Å². The quantitative estimate of drug-likeness (QED) is 0.903. The summed E-state index contributed by atoms with van der Waals surface area (Å²) in [5.41, 5.74) is 0.993. The number of rotatable bonds is 5. The molecule has 1 heterocycles. The first-order valence-electron chi connectivity index (χ1n) is 6.53. The Morgan fingerprint density at radius 3 is 2.74 bits per heavy atom. The molecule has 1 saturated heterocycles. The number of halogens is 2. The molecule has 5 heteroatoms. The summed E-state index contributed by atoms with van der Waals surface area (Å²) in [5.74, 6) is 1.29. The number of ether oxygens (including phenoxy) is 2. The summed E-state index contributed by atoms with van der Waals surface area (Å²) in [7, 11) is 1.89. The third-order valence-electron chi connectivity index (χ3n) is 3.26. The van der Waals surface area contributed by atoms with Gasteiger partial charge in [-0.2, -0.15) is 0 Å². The number of nitrogens with one attached hydrogen (secondary N) is 1. The van der Waals surface area contributed by atoms with Gasteiger partial charge < -0.3 is 14.8 Å². The van der Waals surface area contributed by atoms with Crippen molar-refractivity contribution >= 4 is 23.2 Å². The van der Waals surface area contributed by atoms with Crippen LogP contribution in [-0.4, -0.2) is 26.9 Å². The fraction of sp³-hybridized carbons (Fsp3) is 0.571. The van der Waals surface area contributed by atoms with Crippen LogP contribution in [0.2, 0.25) is 10.0 Å². The second-order valence-electron chi connectivity index (χ2n) is 4.77. The molecule has 1 fully saturated rings. The number of hydrogen-bond donors (Lipinski definition) is 1. The Kier molecular flexibility index (Phi) is 5.76. The first-order chi connectivity index (χ1) is 9.20. The average Bonchev–Trinajstić information content (AvgIpc) is 2.39. The minimum Gasteiger partial charge on any atom is -0.491 e. The summed E-state index contributed by atoms with van der Waals surface area (Å²) in [6.45, 7) is 3.02. The van der Waals surface area contributed by atoms with Crippen LogP contribution in [0.25, 0.3) is 0 Å². The molecular formula is C14H19Cl2NO2. The van der Waals surface area contributed by atoms with E-state index in [9.17, 15) is 0 Å². The van der Waals surface area contributed by atoms with Crippen molar-refractivity contribution in [2.75, 3.05) is 26.9 Å². The van der Waals surface area contributed by atoms with Crippen molar-refractivity contribution in [3.05, 3.63) is 27.7 Å². The summed E-state index contributed by atoms with van der Waals surface area (Å²) in [6, 6.07) is 3.62. The van der Waals surface area contributed by atoms with Crippen LogP contribution >= 0.6 is 23.2 Å². The van der Waals surface area contributed by atoms with Crippen LogP contribution in [0.1, 0.15) is 18.4 Å². The van der Waals surface area contributed by atoms with Crippen molar-refractivity contribution in [1.29, 1.82) is 0 Å². The lowest BCUT2D eigenvalue weighted by Gasteiger charge is -2.23. The number of hydrogen-bond acceptors (Lipinski definition) is 3. The van der Waals surface area contributed by atoms with Gasteiger partial charge in [0.25, 0.3) is 0 Å². The normalized spacial score (nSPS) is 16.6. The predicted octanol–water partition coefficient (Wildman–Crippen LogP) is 3.52. The molecular weight excluding hydrogens is 285 g/mol. The Morgan fingerprint density at radius 2 is 2.05 bits per heavy atom. The van der Waals surface area contributed by atoms with E-state index in [4.69, 9.17) is 32.7 Å². The van der Waals surface area contributed by atoms with Crippen molar-refractivity contribution in [2.45, 2.75) is 19.4 Å². The minimum absolute atomic E-state index is 0.544. The second-order valence-corrected chi connectivity index (χ2v) is 5.62. The zero-order chi connectivity index (χ0) is 13.7. The Bertz CT molecular complexity index is 420. The van der Waals surface area contributed by atoms with Gasteiger partial charge in [0, 0.05) is 30.3 Å². The first kappa shape index (κ1) is 14.9. The van der Waals surface area contributed by atoms with Crippen LogP contribution in [0.4, 0.5) is 0 Å². The number of benzene rings is 1. The Hall–Kier alpha value is -0.480. The first-order valence-corrected chi connectivity index (χ1v) is 7.29. The molecule has 0 aliphatic carbocycles. The summed E-state index contributed by atoms with van der Waals surface area (Å²) in [4.78, 5) is 0. The zero-order valence-corrected chi connectivity index (χ0v) is 12.6. The highest BCUT2D eigenvalue weighted by Crippen LogP contribution is 2.33. The van der Waals surface area contributed by atoms with Crippen LogP contribution in [0, 0.1) is 5.92 Å². The lowest BCUT2D eigenvalue weighted by molar-refractivity contribution is 0.0496. The largest absolute Gasteiger partial charge is 0.491 e. The maximum Gasteiger partial charge on any atom is 0.142 e. The van der Waals surface area contributed by atoms with E-state index in [0.717, 1.165) is 37.4 Å². The van der Waals surface area contributed by atoms with Gasteiger partial charge in [-0.15, -0.1) is 0 Å². The highest BCUT2D eigenvalue weighted by atomic mass is 35.5. The molecule has 1 aliphatic heterocycles. The van der Waals surface area contributed by atoms with E-state index in [2.05, 4.69) is 5.32 Å². The summed E-state index contributed by atoms with van der Waals surface area (Å²) < 4.78 is 11.3. The van der Waals surface area contributed by atoms with Crippen LogP contribution in [0.3, 0.4) is 0 Å². The van der Waals surface area contributed by atoms with Crippen molar-refractivity contribution in [3.63, 3.8) is 0 Å². The van der Waals surface area contributed by atoms with Gasteiger partial charge in [-0.25, -0.2) is 0 Å². The van der Waals surface area contributed by atoms with E-state index in [1.54, 1.807) is 6.07 Å². The summed E-state index contributed by atoms with van der Waals surface area (Å²) in [6.07, 6.45) is 2.10. The monoisotopic (exact) mass is 303 g/mol. The molecule has 0 radical (unpaired) electrons. The standard InChI is InChI=1S/C14H19Cl2NO2/c1-17-8-11-6-12(15)7-13(16)14(11)19-9-10-2-4-18-5-3-10/h6-7,10,17H,2-5,8-9H2,1H3. The van der Waals surface area contributed by atoms with E-state index in [-0.39, 0.29) is 0 Å². The fourth-order valence-corrected chi connectivity index (χ4v) is 2.80. The van der Waals surface area contributed by atoms with Gasteiger partial charge in [0.15, 0.2) is 0 Å². The molecule has 106 valence electrons. The zero-order valence-electron chi connectivity index (χ0n) is 11.0. The minimum atomic E-state index is 0.544. The molecule has 0 unspecified atom stereocenters. The maximum absolute atomic E-state index is 6.23. The third kappa shape index (κ3) is 4.25. The molecule has 0 aromatic heterocycles. The highest BCUT2D eigenvalue weighted by molar-refractivity contribution is 6.35. The second kappa shape index (κ2) is 7.34. The maximum atomic E-state index is 6.23. The fourth-order valence-electron chi connectivity index (χ4n) is 2.21. The molecule has 1 aromatic rings. The van der Waals surface area contributed by atoms with Crippen molar-refractivity contribution < 1.29 is 9.47 Å². The van der Waals surface area contributed by atoms with Gasteiger partial charge >= 0.3 is 0 Å². The molecule has 1 aromatic carbocycles. The van der Waals surface area contributed by atoms with E-state index in [1.807, 2.05) is 13.1 Å². The van der Waals surface area contributed by atoms with Crippen LogP contribution in [0.5, 0.6) is 5.75 Å². The smallest absolute Gasteiger partial charge is 0.142 e. The molecule has 0 amide bonds. The molecule has 0 bridgehead atoms. The Labute approximate surface area is 124 Å². The topological polar surface area (TPSA) is 30.5 Å². The molecule has 1 aliphatic rings. The van der Waals surface area contributed by atoms with E-state index in [1.165, 1.54) is 0 Å². The van der Waals surface area contributed by atoms with E-state index < -0.39 is 0 Å². The van der Waals surface area contributed by atoms with Gasteiger partial charge in [0.1, 0.15) is 5.75 Å². The Balaban J connectivity index is 2.05. The average molecular weight is 304 g/mol. The molecule has 19 heavy (non-hydrogen) atoms. The van der Waals surface area contributed by atoms with Crippen molar-refractivity contribution in [3.8, 4) is 5.75 Å². The molecule has 0 spiro atoms. The molecule has 0 atom stereocenters. The van der Waals surface area contributed by atoms with Gasteiger partial charge in [-0.1, -0.05) is 23.2 Å². The van der Waals surface area contributed by atoms with Crippen LogP contribution in [-0.2, 0) is 11.3 Å². The summed E-state index contributed by atoms with van der Waals surface area (Å²) in [5, 5.41) is 4.31. The lowest BCUT2D eigenvalue weighted by atomic mass is 10.0. The predicted molar refractivity (Wildman–Crippen MR) is 78.3 cm³/mol. The molecule has 1 N–H and O–H groups in total. The highest BCUT2D eigenvalue weighted by Gasteiger charge is 2.17. The van der Waals surface area contributed by atoms with Crippen LogP contribution < -0.4 is 10.1 Å². The van der Waals surface area contributed by atoms with Gasteiger partial charge in [-0.05, 0) is 37.9 Å². The van der Waals surface area contributed by atoms with Gasteiger partial charge in [0.05, 0.1) is 11.6 Å². The molecule has 0 saturated carbocycles. The van der Waals surface area contributed by atoms with E-state index in [0.29, 0.717) is 29.1 Å². The molecule has 3 nitrogen and oxygen atoms in total. The van der Waals surface area contributed by atoms with Crippen molar-refractivity contribution in [1.82, 2.24) is 5.32 Å². The Morgan fingerprint density at radius 1 is 1.32 bits per heavy atom. The molecule has 2 rings (SSSR count). The SMILES string of the molecule is CNCc1cc(Cl)cc(Cl)c1OCC1CCOCC1. The lowest BCUT2D eigenvalue weighted by Crippen LogP contribution is -2.22. The van der Waals surface area contributed by atoms with Gasteiger partial charge in [0.2, 0.25) is 0 Å².